The van der Waals surface area contributed by atoms with Crippen molar-refractivity contribution < 1.29 is 14.0 Å². The molecule has 0 aliphatic heterocycles. The van der Waals surface area contributed by atoms with Gasteiger partial charge >= 0.3 is 0 Å². The molecule has 3 rings (SSSR count). The zero-order valence-corrected chi connectivity index (χ0v) is 15.6. The van der Waals surface area contributed by atoms with Crippen LogP contribution in [0.15, 0.2) is 48.8 Å². The number of amides is 2. The van der Waals surface area contributed by atoms with Gasteiger partial charge in [-0.1, -0.05) is 12.1 Å². The van der Waals surface area contributed by atoms with E-state index in [2.05, 4.69) is 15.8 Å². The summed E-state index contributed by atoms with van der Waals surface area (Å²) in [7, 11) is 0. The Morgan fingerprint density at radius 3 is 2.63 bits per heavy atom. The normalized spacial score (nSPS) is 10.6. The first-order chi connectivity index (χ1) is 13.0. The second-order valence-corrected chi connectivity index (χ2v) is 7.03. The highest BCUT2D eigenvalue weighted by atomic mass is 32.1. The molecule has 0 atom stereocenters. The predicted molar refractivity (Wildman–Crippen MR) is 102 cm³/mol. The number of nitrogens with one attached hydrogen (secondary N) is 2. The fraction of sp³-hybridized carbons (Fsp3) is 0.211. The van der Waals surface area contributed by atoms with Gasteiger partial charge in [0, 0.05) is 30.2 Å². The van der Waals surface area contributed by atoms with Crippen LogP contribution in [0.3, 0.4) is 0 Å². The molecule has 0 saturated heterocycles. The van der Waals surface area contributed by atoms with E-state index >= 15 is 0 Å². The number of imidazole rings is 1. The van der Waals surface area contributed by atoms with Crippen molar-refractivity contribution in [3.63, 3.8) is 0 Å². The number of aryl methyl sites for hydroxylation is 2. The fourth-order valence-corrected chi connectivity index (χ4v) is 3.44. The molecule has 0 aliphatic carbocycles. The number of nitrogens with zero attached hydrogens (tertiary/aromatic N) is 2. The maximum Gasteiger partial charge on any atom is 0.279 e. The van der Waals surface area contributed by atoms with Gasteiger partial charge in [0.25, 0.3) is 5.91 Å². The van der Waals surface area contributed by atoms with Gasteiger partial charge in [-0.3, -0.25) is 20.4 Å². The van der Waals surface area contributed by atoms with E-state index in [0.717, 1.165) is 16.3 Å². The summed E-state index contributed by atoms with van der Waals surface area (Å²) in [6, 6.07) is 9.54. The fourth-order valence-electron chi connectivity index (χ4n) is 2.53. The van der Waals surface area contributed by atoms with Gasteiger partial charge in [-0.15, -0.1) is 11.3 Å². The van der Waals surface area contributed by atoms with E-state index in [9.17, 15) is 14.0 Å². The molecule has 140 valence electrons. The maximum absolute atomic E-state index is 13.0. The lowest BCUT2D eigenvalue weighted by Gasteiger charge is -2.07. The average Bonchev–Trinajstić information content (AvgIpc) is 3.30. The number of carbonyl (C=O) groups excluding carboxylic acids is 2. The van der Waals surface area contributed by atoms with Crippen LogP contribution in [0.25, 0.3) is 10.4 Å². The van der Waals surface area contributed by atoms with E-state index in [-0.39, 0.29) is 17.6 Å². The van der Waals surface area contributed by atoms with E-state index in [1.807, 2.05) is 17.7 Å². The third-order valence-corrected chi connectivity index (χ3v) is 5.13. The minimum Gasteiger partial charge on any atom is -0.335 e. The molecule has 8 heteroatoms. The molecule has 1 aromatic carbocycles. The molecule has 3 aromatic rings. The van der Waals surface area contributed by atoms with Crippen LogP contribution in [-0.4, -0.2) is 21.4 Å². The summed E-state index contributed by atoms with van der Waals surface area (Å²) in [6.45, 7) is 2.60. The Hall–Kier alpha value is -3.00. The lowest BCUT2D eigenvalue weighted by Crippen LogP contribution is -2.41. The Balaban J connectivity index is 1.45. The van der Waals surface area contributed by atoms with Gasteiger partial charge in [-0.05, 0) is 43.2 Å². The van der Waals surface area contributed by atoms with Crippen LogP contribution >= 0.6 is 11.3 Å². The molecule has 0 aliphatic rings. The van der Waals surface area contributed by atoms with Gasteiger partial charge in [-0.25, -0.2) is 9.37 Å². The summed E-state index contributed by atoms with van der Waals surface area (Å²) >= 11 is 1.27. The van der Waals surface area contributed by atoms with Gasteiger partial charge in [0.05, 0.1) is 4.88 Å². The summed E-state index contributed by atoms with van der Waals surface area (Å²) < 4.78 is 15.0. The first kappa shape index (κ1) is 18.8. The summed E-state index contributed by atoms with van der Waals surface area (Å²) in [4.78, 5) is 29.5. The number of rotatable bonds is 6. The summed E-state index contributed by atoms with van der Waals surface area (Å²) in [6.07, 6.45) is 4.52. The minimum atomic E-state index is -0.382. The topological polar surface area (TPSA) is 76.0 Å². The zero-order valence-electron chi connectivity index (χ0n) is 14.7. The molecule has 0 saturated carbocycles. The molecular weight excluding hydrogens is 367 g/mol. The van der Waals surface area contributed by atoms with Crippen LogP contribution in [0.2, 0.25) is 0 Å². The summed E-state index contributed by atoms with van der Waals surface area (Å²) in [5.74, 6) is -0.0406. The van der Waals surface area contributed by atoms with Crippen molar-refractivity contribution in [3.05, 3.63) is 65.3 Å². The van der Waals surface area contributed by atoms with Crippen LogP contribution < -0.4 is 10.9 Å². The van der Waals surface area contributed by atoms with Crippen LogP contribution in [0.4, 0.5) is 4.39 Å². The molecular formula is C19H19FN4O2S. The van der Waals surface area contributed by atoms with Gasteiger partial charge < -0.3 is 4.57 Å². The Labute approximate surface area is 160 Å². The third-order valence-electron chi connectivity index (χ3n) is 4.00. The van der Waals surface area contributed by atoms with E-state index in [1.165, 1.54) is 23.5 Å². The van der Waals surface area contributed by atoms with Crippen molar-refractivity contribution in [2.24, 2.45) is 0 Å². The molecule has 2 heterocycles. The molecule has 2 N–H and O–H groups in total. The van der Waals surface area contributed by atoms with Gasteiger partial charge in [0.2, 0.25) is 5.91 Å². The number of halogens is 1. The van der Waals surface area contributed by atoms with Crippen molar-refractivity contribution in [1.82, 2.24) is 20.4 Å². The SMILES string of the molecule is Cc1nccn1CCCC(=O)NNC(=O)c1ccc(-c2ccc(F)cc2)s1. The van der Waals surface area contributed by atoms with Crippen LogP contribution in [-0.2, 0) is 11.3 Å². The number of benzene rings is 1. The number of carbonyl (C=O) groups is 2. The average molecular weight is 386 g/mol. The van der Waals surface area contributed by atoms with Gasteiger partial charge in [-0.2, -0.15) is 0 Å². The molecule has 0 spiro atoms. The highest BCUT2D eigenvalue weighted by Crippen LogP contribution is 2.28. The van der Waals surface area contributed by atoms with Crippen molar-refractivity contribution >= 4 is 23.2 Å². The zero-order chi connectivity index (χ0) is 19.2. The summed E-state index contributed by atoms with van der Waals surface area (Å²) in [5.41, 5.74) is 5.68. The largest absolute Gasteiger partial charge is 0.335 e. The van der Waals surface area contributed by atoms with E-state index in [1.54, 1.807) is 30.5 Å². The van der Waals surface area contributed by atoms with Crippen molar-refractivity contribution in [1.29, 1.82) is 0 Å². The Kier molecular flexibility index (Phi) is 5.97. The van der Waals surface area contributed by atoms with Crippen LogP contribution in [0.1, 0.15) is 28.3 Å². The number of thiophene rings is 1. The first-order valence-electron chi connectivity index (χ1n) is 8.45. The number of hydrogen-bond acceptors (Lipinski definition) is 4. The predicted octanol–water partition coefficient (Wildman–Crippen LogP) is 3.30. The lowest BCUT2D eigenvalue weighted by molar-refractivity contribution is -0.122. The minimum absolute atomic E-state index is 0.253. The second-order valence-electron chi connectivity index (χ2n) is 5.94. The first-order valence-corrected chi connectivity index (χ1v) is 9.27. The molecule has 0 radical (unpaired) electrons. The Bertz CT molecular complexity index is 933. The van der Waals surface area contributed by atoms with Crippen LogP contribution in [0.5, 0.6) is 0 Å². The number of hydrazine groups is 1. The molecule has 27 heavy (non-hydrogen) atoms. The quantitative estimate of drug-likeness (QED) is 0.638. The van der Waals surface area contributed by atoms with E-state index in [4.69, 9.17) is 0 Å². The lowest BCUT2D eigenvalue weighted by atomic mass is 10.2. The highest BCUT2D eigenvalue weighted by Gasteiger charge is 2.11. The van der Waals surface area contributed by atoms with Crippen molar-refractivity contribution in [2.45, 2.75) is 26.3 Å². The number of hydrogen-bond donors (Lipinski definition) is 2. The van der Waals surface area contributed by atoms with Crippen LogP contribution in [0, 0.1) is 12.7 Å². The molecule has 0 unspecified atom stereocenters. The highest BCUT2D eigenvalue weighted by molar-refractivity contribution is 7.17. The second kappa shape index (κ2) is 8.59. The molecule has 0 bridgehead atoms. The monoisotopic (exact) mass is 386 g/mol. The van der Waals surface area contributed by atoms with Crippen molar-refractivity contribution in [2.75, 3.05) is 0 Å². The Morgan fingerprint density at radius 1 is 1.15 bits per heavy atom. The third kappa shape index (κ3) is 5.01. The van der Waals surface area contributed by atoms with Crippen molar-refractivity contribution in [3.8, 4) is 10.4 Å². The van der Waals surface area contributed by atoms with E-state index in [0.29, 0.717) is 24.3 Å². The molecule has 2 amide bonds. The smallest absolute Gasteiger partial charge is 0.279 e. The number of aromatic nitrogens is 2. The Morgan fingerprint density at radius 2 is 1.93 bits per heavy atom. The van der Waals surface area contributed by atoms with Gasteiger partial charge in [0.15, 0.2) is 0 Å². The molecule has 2 aromatic heterocycles. The maximum atomic E-state index is 13.0. The molecule has 6 nitrogen and oxygen atoms in total. The summed E-state index contributed by atoms with van der Waals surface area (Å²) in [5, 5.41) is 0. The van der Waals surface area contributed by atoms with Gasteiger partial charge in [0.1, 0.15) is 11.6 Å². The van der Waals surface area contributed by atoms with E-state index < -0.39 is 0 Å². The standard InChI is InChI=1S/C19H19FN4O2S/c1-13-21-10-12-24(13)11-2-3-18(25)22-23-19(26)17-9-8-16(27-17)14-4-6-15(20)7-5-14/h4-10,12H,2-3,11H2,1H3,(H,22,25)(H,23,26). The molecule has 0 fully saturated rings.